The molecule has 0 aliphatic carbocycles. The number of aromatic nitrogens is 2. The van der Waals surface area contributed by atoms with Crippen molar-refractivity contribution in [1.82, 2.24) is 9.97 Å². The highest BCUT2D eigenvalue weighted by Crippen LogP contribution is 2.24. The molecule has 1 heterocycles. The topological polar surface area (TPSA) is 32.3 Å². The first kappa shape index (κ1) is 15.3. The van der Waals surface area contributed by atoms with Crippen molar-refractivity contribution in [1.29, 1.82) is 0 Å². The zero-order valence-corrected chi connectivity index (χ0v) is 13.2. The average Bonchev–Trinajstić information content (AvgIpc) is 2.54. The van der Waals surface area contributed by atoms with Crippen LogP contribution in [0.1, 0.15) is 26.7 Å². The molecule has 2 rings (SSSR count). The molecule has 1 aromatic heterocycles. The smallest absolute Gasteiger partial charge is 0.138 e. The normalized spacial score (nSPS) is 10.4. The SMILES string of the molecule is CCCCN(C)c1cc(N(CC)c2ccccc2)ncn1. The highest BCUT2D eigenvalue weighted by atomic mass is 15.2. The molecule has 0 amide bonds. The number of para-hydroxylation sites is 1. The Morgan fingerprint density at radius 3 is 2.38 bits per heavy atom. The van der Waals surface area contributed by atoms with Crippen LogP contribution < -0.4 is 9.80 Å². The summed E-state index contributed by atoms with van der Waals surface area (Å²) in [7, 11) is 2.08. The van der Waals surface area contributed by atoms with Crippen molar-refractivity contribution in [2.45, 2.75) is 26.7 Å². The lowest BCUT2D eigenvalue weighted by Crippen LogP contribution is -2.22. The van der Waals surface area contributed by atoms with E-state index in [1.807, 2.05) is 18.2 Å². The lowest BCUT2D eigenvalue weighted by atomic mass is 10.3. The van der Waals surface area contributed by atoms with Gasteiger partial charge in [0.2, 0.25) is 0 Å². The van der Waals surface area contributed by atoms with Crippen LogP contribution in [0.15, 0.2) is 42.7 Å². The Morgan fingerprint density at radius 1 is 1.00 bits per heavy atom. The molecule has 0 fully saturated rings. The summed E-state index contributed by atoms with van der Waals surface area (Å²) >= 11 is 0. The van der Waals surface area contributed by atoms with Crippen molar-refractivity contribution in [2.75, 3.05) is 29.9 Å². The van der Waals surface area contributed by atoms with E-state index in [2.05, 4.69) is 58.9 Å². The van der Waals surface area contributed by atoms with Gasteiger partial charge in [-0.1, -0.05) is 31.5 Å². The number of benzene rings is 1. The highest BCUT2D eigenvalue weighted by Gasteiger charge is 2.11. The monoisotopic (exact) mass is 284 g/mol. The summed E-state index contributed by atoms with van der Waals surface area (Å²) in [5.74, 6) is 1.92. The van der Waals surface area contributed by atoms with Crippen molar-refractivity contribution >= 4 is 17.3 Å². The van der Waals surface area contributed by atoms with Crippen LogP contribution in [0.3, 0.4) is 0 Å². The number of hydrogen-bond acceptors (Lipinski definition) is 4. The van der Waals surface area contributed by atoms with Crippen molar-refractivity contribution in [3.63, 3.8) is 0 Å². The molecule has 21 heavy (non-hydrogen) atoms. The number of rotatable bonds is 7. The summed E-state index contributed by atoms with van der Waals surface area (Å²) < 4.78 is 0. The fraction of sp³-hybridized carbons (Fsp3) is 0.412. The first-order valence-corrected chi connectivity index (χ1v) is 7.62. The molecular weight excluding hydrogens is 260 g/mol. The lowest BCUT2D eigenvalue weighted by Gasteiger charge is -2.24. The molecule has 4 nitrogen and oxygen atoms in total. The van der Waals surface area contributed by atoms with Crippen LogP contribution in [-0.4, -0.2) is 30.1 Å². The van der Waals surface area contributed by atoms with Crippen LogP contribution in [0.5, 0.6) is 0 Å². The molecule has 0 bridgehead atoms. The molecule has 0 radical (unpaired) electrons. The van der Waals surface area contributed by atoms with Gasteiger partial charge in [-0.15, -0.1) is 0 Å². The van der Waals surface area contributed by atoms with Gasteiger partial charge in [0.05, 0.1) is 0 Å². The highest BCUT2D eigenvalue weighted by molar-refractivity contribution is 5.62. The average molecular weight is 284 g/mol. The van der Waals surface area contributed by atoms with Crippen LogP contribution in [-0.2, 0) is 0 Å². The molecule has 1 aromatic carbocycles. The molecule has 4 heteroatoms. The maximum Gasteiger partial charge on any atom is 0.138 e. The molecule has 0 aliphatic rings. The molecule has 2 aromatic rings. The van der Waals surface area contributed by atoms with Gasteiger partial charge in [-0.3, -0.25) is 0 Å². The van der Waals surface area contributed by atoms with Gasteiger partial charge in [-0.25, -0.2) is 9.97 Å². The maximum atomic E-state index is 4.44. The van der Waals surface area contributed by atoms with E-state index in [0.29, 0.717) is 0 Å². The first-order valence-electron chi connectivity index (χ1n) is 7.62. The summed E-state index contributed by atoms with van der Waals surface area (Å²) in [6, 6.07) is 12.4. The summed E-state index contributed by atoms with van der Waals surface area (Å²) in [5, 5.41) is 0. The van der Waals surface area contributed by atoms with E-state index >= 15 is 0 Å². The summed E-state index contributed by atoms with van der Waals surface area (Å²) in [5.41, 5.74) is 1.15. The van der Waals surface area contributed by atoms with Gasteiger partial charge in [0.1, 0.15) is 18.0 Å². The van der Waals surface area contributed by atoms with E-state index in [0.717, 1.165) is 30.4 Å². The van der Waals surface area contributed by atoms with E-state index in [4.69, 9.17) is 0 Å². The Morgan fingerprint density at radius 2 is 1.71 bits per heavy atom. The molecule has 0 unspecified atom stereocenters. The Labute approximate surface area is 127 Å². The van der Waals surface area contributed by atoms with Crippen molar-refractivity contribution in [3.05, 3.63) is 42.7 Å². The fourth-order valence-corrected chi connectivity index (χ4v) is 2.29. The maximum absolute atomic E-state index is 4.44. The zero-order chi connectivity index (χ0) is 15.1. The molecule has 0 N–H and O–H groups in total. The van der Waals surface area contributed by atoms with E-state index in [9.17, 15) is 0 Å². The van der Waals surface area contributed by atoms with Gasteiger partial charge in [0, 0.05) is 31.9 Å². The Kier molecular flexibility index (Phi) is 5.55. The number of anilines is 3. The minimum absolute atomic E-state index is 0.874. The second-order valence-electron chi connectivity index (χ2n) is 5.09. The molecule has 112 valence electrons. The zero-order valence-electron chi connectivity index (χ0n) is 13.2. The number of unbranched alkanes of at least 4 members (excludes halogenated alkanes) is 1. The molecule has 0 saturated carbocycles. The second kappa shape index (κ2) is 7.62. The second-order valence-corrected chi connectivity index (χ2v) is 5.09. The van der Waals surface area contributed by atoms with E-state index in [1.54, 1.807) is 6.33 Å². The van der Waals surface area contributed by atoms with E-state index < -0.39 is 0 Å². The van der Waals surface area contributed by atoms with Gasteiger partial charge in [0.15, 0.2) is 0 Å². The lowest BCUT2D eigenvalue weighted by molar-refractivity contribution is 0.758. The van der Waals surface area contributed by atoms with Crippen LogP contribution in [0.25, 0.3) is 0 Å². The van der Waals surface area contributed by atoms with Crippen LogP contribution >= 0.6 is 0 Å². The van der Waals surface area contributed by atoms with E-state index in [1.165, 1.54) is 12.8 Å². The third-order valence-electron chi connectivity index (χ3n) is 3.54. The van der Waals surface area contributed by atoms with Crippen LogP contribution in [0, 0.1) is 0 Å². The van der Waals surface area contributed by atoms with Crippen molar-refractivity contribution < 1.29 is 0 Å². The van der Waals surface area contributed by atoms with Gasteiger partial charge in [-0.2, -0.15) is 0 Å². The van der Waals surface area contributed by atoms with Gasteiger partial charge in [0.25, 0.3) is 0 Å². The molecule has 0 aliphatic heterocycles. The minimum Gasteiger partial charge on any atom is -0.360 e. The summed E-state index contributed by atoms with van der Waals surface area (Å²) in [6.07, 6.45) is 4.01. The predicted molar refractivity (Wildman–Crippen MR) is 89.3 cm³/mol. The minimum atomic E-state index is 0.874. The number of nitrogens with zero attached hydrogens (tertiary/aromatic N) is 4. The standard InChI is InChI=1S/C17H24N4/c1-4-6-12-20(3)16-13-17(19-14-18-16)21(5-2)15-10-8-7-9-11-15/h7-11,13-14H,4-6,12H2,1-3H3. The predicted octanol–water partition coefficient (Wildman–Crippen LogP) is 3.87. The first-order chi connectivity index (χ1) is 10.3. The molecule has 0 saturated heterocycles. The fourth-order valence-electron chi connectivity index (χ4n) is 2.29. The summed E-state index contributed by atoms with van der Waals surface area (Å²) in [6.45, 7) is 6.23. The van der Waals surface area contributed by atoms with Crippen molar-refractivity contribution in [2.24, 2.45) is 0 Å². The number of hydrogen-bond donors (Lipinski definition) is 0. The Bertz CT molecular complexity index is 541. The quantitative estimate of drug-likeness (QED) is 0.772. The Hall–Kier alpha value is -2.10. The molecular formula is C17H24N4. The van der Waals surface area contributed by atoms with E-state index in [-0.39, 0.29) is 0 Å². The third-order valence-corrected chi connectivity index (χ3v) is 3.54. The van der Waals surface area contributed by atoms with Crippen molar-refractivity contribution in [3.8, 4) is 0 Å². The van der Waals surface area contributed by atoms with Gasteiger partial charge >= 0.3 is 0 Å². The molecule has 0 atom stereocenters. The van der Waals surface area contributed by atoms with Gasteiger partial charge < -0.3 is 9.80 Å². The third kappa shape index (κ3) is 3.94. The molecule has 0 spiro atoms. The van der Waals surface area contributed by atoms with Crippen LogP contribution in [0.2, 0.25) is 0 Å². The summed E-state index contributed by atoms with van der Waals surface area (Å²) in [4.78, 5) is 13.2. The van der Waals surface area contributed by atoms with Crippen LogP contribution in [0.4, 0.5) is 17.3 Å². The largest absolute Gasteiger partial charge is 0.360 e. The Balaban J connectivity index is 2.23. The van der Waals surface area contributed by atoms with Gasteiger partial charge in [-0.05, 0) is 25.5 Å².